The molecule has 0 unspecified atom stereocenters. The van der Waals surface area contributed by atoms with Gasteiger partial charge in [-0.2, -0.15) is 0 Å². The Kier molecular flexibility index (Phi) is 5.98. The molecule has 1 N–H and O–H groups in total. The zero-order chi connectivity index (χ0) is 16.7. The predicted molar refractivity (Wildman–Crippen MR) is 84.0 cm³/mol. The van der Waals surface area contributed by atoms with E-state index in [2.05, 4.69) is 0 Å². The van der Waals surface area contributed by atoms with Gasteiger partial charge >= 0.3 is 12.1 Å². The van der Waals surface area contributed by atoms with E-state index < -0.39 is 11.5 Å². The number of amides is 1. The molecule has 1 amide bonds. The van der Waals surface area contributed by atoms with Gasteiger partial charge in [-0.1, -0.05) is 30.3 Å². The third-order valence-corrected chi connectivity index (χ3v) is 4.19. The van der Waals surface area contributed by atoms with Crippen molar-refractivity contribution in [3.8, 4) is 0 Å². The lowest BCUT2D eigenvalue weighted by molar-refractivity contribution is -0.163. The Bertz CT molecular complexity index is 523. The minimum Gasteiger partial charge on any atom is -0.465 e. The second-order valence-corrected chi connectivity index (χ2v) is 5.75. The largest absolute Gasteiger partial charge is 0.465 e. The number of ether oxygens (including phenoxy) is 2. The van der Waals surface area contributed by atoms with Crippen LogP contribution in [0.5, 0.6) is 0 Å². The minimum atomic E-state index is -0.951. The fourth-order valence-electron chi connectivity index (χ4n) is 2.76. The predicted octanol–water partition coefficient (Wildman–Crippen LogP) is 2.53. The smallest absolute Gasteiger partial charge is 0.407 e. The quantitative estimate of drug-likeness (QED) is 0.815. The summed E-state index contributed by atoms with van der Waals surface area (Å²) >= 11 is 0. The van der Waals surface area contributed by atoms with E-state index in [0.29, 0.717) is 39.1 Å². The zero-order valence-electron chi connectivity index (χ0n) is 13.4. The highest BCUT2D eigenvalue weighted by Gasteiger charge is 2.44. The van der Waals surface area contributed by atoms with Crippen LogP contribution in [0, 0.1) is 5.41 Å². The number of hydrogen-bond donors (Lipinski definition) is 1. The first-order chi connectivity index (χ1) is 11.1. The molecule has 0 spiro atoms. The van der Waals surface area contributed by atoms with Crippen LogP contribution in [0.2, 0.25) is 0 Å². The van der Waals surface area contributed by atoms with E-state index in [1.54, 1.807) is 6.92 Å². The van der Waals surface area contributed by atoms with Crippen LogP contribution in [0.4, 0.5) is 4.79 Å². The second-order valence-electron chi connectivity index (χ2n) is 5.75. The van der Waals surface area contributed by atoms with Crippen LogP contribution in [-0.4, -0.2) is 48.4 Å². The van der Waals surface area contributed by atoms with Gasteiger partial charge in [-0.25, -0.2) is 4.79 Å². The van der Waals surface area contributed by atoms with Gasteiger partial charge < -0.3 is 19.5 Å². The van der Waals surface area contributed by atoms with Crippen molar-refractivity contribution in [2.24, 2.45) is 5.41 Å². The molecule has 1 aliphatic rings. The van der Waals surface area contributed by atoms with Crippen molar-refractivity contribution in [3.05, 3.63) is 35.9 Å². The summed E-state index contributed by atoms with van der Waals surface area (Å²) in [5, 5.41) is 9.05. The highest BCUT2D eigenvalue weighted by Crippen LogP contribution is 2.34. The lowest BCUT2D eigenvalue weighted by Gasteiger charge is -2.38. The Labute approximate surface area is 136 Å². The van der Waals surface area contributed by atoms with E-state index in [9.17, 15) is 9.59 Å². The molecule has 6 nitrogen and oxygen atoms in total. The van der Waals surface area contributed by atoms with Crippen molar-refractivity contribution in [2.45, 2.75) is 26.4 Å². The molecule has 1 aromatic rings. The Hall–Kier alpha value is -2.08. The molecule has 6 heteroatoms. The fourth-order valence-corrected chi connectivity index (χ4v) is 2.76. The van der Waals surface area contributed by atoms with Crippen LogP contribution < -0.4 is 0 Å². The number of carbonyl (C=O) groups excluding carboxylic acids is 1. The first kappa shape index (κ1) is 17.3. The molecule has 1 aromatic carbocycles. The number of benzene rings is 1. The van der Waals surface area contributed by atoms with E-state index in [1.807, 2.05) is 30.3 Å². The number of hydrogen-bond acceptors (Lipinski definition) is 4. The molecule has 2 rings (SSSR count). The Morgan fingerprint density at radius 1 is 1.22 bits per heavy atom. The summed E-state index contributed by atoms with van der Waals surface area (Å²) in [5.74, 6) is -0.293. The van der Waals surface area contributed by atoms with Crippen molar-refractivity contribution in [3.63, 3.8) is 0 Å². The summed E-state index contributed by atoms with van der Waals surface area (Å²) in [6.45, 7) is 3.38. The molecule has 1 heterocycles. The number of esters is 1. The maximum Gasteiger partial charge on any atom is 0.407 e. The van der Waals surface area contributed by atoms with Gasteiger partial charge in [-0.3, -0.25) is 4.79 Å². The summed E-state index contributed by atoms with van der Waals surface area (Å²) in [7, 11) is 0. The van der Waals surface area contributed by atoms with Crippen molar-refractivity contribution in [1.82, 2.24) is 4.90 Å². The fraction of sp³-hybridized carbons (Fsp3) is 0.529. The lowest BCUT2D eigenvalue weighted by atomic mass is 9.79. The first-order valence-corrected chi connectivity index (χ1v) is 7.84. The van der Waals surface area contributed by atoms with Crippen LogP contribution in [-0.2, 0) is 20.9 Å². The van der Waals surface area contributed by atoms with Crippen LogP contribution in [0.25, 0.3) is 0 Å². The van der Waals surface area contributed by atoms with Gasteiger partial charge in [0.1, 0.15) is 0 Å². The average Bonchev–Trinajstić information content (AvgIpc) is 2.56. The van der Waals surface area contributed by atoms with Crippen molar-refractivity contribution in [2.75, 3.05) is 26.3 Å². The average molecular weight is 321 g/mol. The monoisotopic (exact) mass is 321 g/mol. The molecule has 0 aliphatic carbocycles. The van der Waals surface area contributed by atoms with Gasteiger partial charge in [0.2, 0.25) is 0 Å². The second kappa shape index (κ2) is 7.97. The van der Waals surface area contributed by atoms with E-state index in [-0.39, 0.29) is 12.6 Å². The molecule has 0 atom stereocenters. The van der Waals surface area contributed by atoms with Gasteiger partial charge in [0.15, 0.2) is 0 Å². The number of likely N-dealkylation sites (tertiary alicyclic amines) is 1. The molecule has 23 heavy (non-hydrogen) atoms. The molecule has 1 aliphatic heterocycles. The number of nitrogens with zero attached hydrogens (tertiary/aromatic N) is 1. The molecule has 0 saturated carbocycles. The summed E-state index contributed by atoms with van der Waals surface area (Å²) in [5.41, 5.74) is 0.283. The molecular weight excluding hydrogens is 298 g/mol. The van der Waals surface area contributed by atoms with Crippen molar-refractivity contribution in [1.29, 1.82) is 0 Å². The zero-order valence-corrected chi connectivity index (χ0v) is 13.4. The normalized spacial score (nSPS) is 16.8. The van der Waals surface area contributed by atoms with Gasteiger partial charge in [-0.05, 0) is 25.3 Å². The number of carbonyl (C=O) groups is 2. The third-order valence-electron chi connectivity index (χ3n) is 4.19. The maximum absolute atomic E-state index is 12.4. The standard InChI is InChI=1S/C17H23NO5/c1-2-23-15(19)17(8-10-18(11-9-17)16(20)21)13-22-12-14-6-4-3-5-7-14/h3-7H,2,8-13H2,1H3,(H,20,21). The number of piperidine rings is 1. The molecule has 126 valence electrons. The first-order valence-electron chi connectivity index (χ1n) is 7.84. The van der Waals surface area contributed by atoms with Gasteiger partial charge in [0.25, 0.3) is 0 Å². The van der Waals surface area contributed by atoms with Crippen molar-refractivity contribution < 1.29 is 24.2 Å². The summed E-state index contributed by atoms with van der Waals surface area (Å²) in [4.78, 5) is 24.7. The third kappa shape index (κ3) is 4.45. The van der Waals surface area contributed by atoms with Crippen LogP contribution in [0.3, 0.4) is 0 Å². The SMILES string of the molecule is CCOC(=O)C1(COCc2ccccc2)CCN(C(=O)O)CC1. The number of carboxylic acid groups (broad SMARTS) is 1. The van der Waals surface area contributed by atoms with E-state index in [1.165, 1.54) is 4.90 Å². The lowest BCUT2D eigenvalue weighted by Crippen LogP contribution is -2.49. The highest BCUT2D eigenvalue weighted by molar-refractivity contribution is 5.77. The van der Waals surface area contributed by atoms with Crippen LogP contribution >= 0.6 is 0 Å². The van der Waals surface area contributed by atoms with Crippen LogP contribution in [0.1, 0.15) is 25.3 Å². The topological polar surface area (TPSA) is 76.1 Å². The number of rotatable bonds is 6. The van der Waals surface area contributed by atoms with Gasteiger partial charge in [-0.15, -0.1) is 0 Å². The van der Waals surface area contributed by atoms with E-state index in [0.717, 1.165) is 5.56 Å². The summed E-state index contributed by atoms with van der Waals surface area (Å²) in [6.07, 6.45) is -0.104. The Balaban J connectivity index is 1.97. The molecule has 0 radical (unpaired) electrons. The Morgan fingerprint density at radius 2 is 1.87 bits per heavy atom. The van der Waals surface area contributed by atoms with Crippen molar-refractivity contribution >= 4 is 12.1 Å². The highest BCUT2D eigenvalue weighted by atomic mass is 16.5. The molecular formula is C17H23NO5. The Morgan fingerprint density at radius 3 is 2.43 bits per heavy atom. The molecule has 1 fully saturated rings. The van der Waals surface area contributed by atoms with Gasteiger partial charge in [0.05, 0.1) is 25.2 Å². The molecule has 0 bridgehead atoms. The molecule has 1 saturated heterocycles. The van der Waals surface area contributed by atoms with Crippen LogP contribution in [0.15, 0.2) is 30.3 Å². The summed E-state index contributed by atoms with van der Waals surface area (Å²) in [6, 6.07) is 9.73. The maximum atomic E-state index is 12.4. The molecule has 0 aromatic heterocycles. The van der Waals surface area contributed by atoms with E-state index in [4.69, 9.17) is 14.6 Å². The van der Waals surface area contributed by atoms with Gasteiger partial charge in [0, 0.05) is 13.1 Å². The van der Waals surface area contributed by atoms with E-state index >= 15 is 0 Å². The minimum absolute atomic E-state index is 0.244. The summed E-state index contributed by atoms with van der Waals surface area (Å²) < 4.78 is 11.0.